The van der Waals surface area contributed by atoms with Crippen LogP contribution in [0.5, 0.6) is 0 Å². The van der Waals surface area contributed by atoms with Crippen molar-refractivity contribution in [1.29, 1.82) is 0 Å². The maximum absolute atomic E-state index is 12.7. The van der Waals surface area contributed by atoms with E-state index in [-0.39, 0.29) is 5.91 Å². The third-order valence-corrected chi connectivity index (χ3v) is 6.29. The highest BCUT2D eigenvalue weighted by Gasteiger charge is 2.24. The van der Waals surface area contributed by atoms with E-state index in [2.05, 4.69) is 30.9 Å². The van der Waals surface area contributed by atoms with Gasteiger partial charge in [0.25, 0.3) is 5.91 Å². The fourth-order valence-corrected chi connectivity index (χ4v) is 4.41. The van der Waals surface area contributed by atoms with Crippen LogP contribution in [0.3, 0.4) is 0 Å². The van der Waals surface area contributed by atoms with Crippen LogP contribution in [0.4, 0.5) is 5.13 Å². The highest BCUT2D eigenvalue weighted by atomic mass is 32.1. The van der Waals surface area contributed by atoms with E-state index < -0.39 is 0 Å². The number of carbonyl (C=O) groups is 1. The van der Waals surface area contributed by atoms with Gasteiger partial charge in [-0.3, -0.25) is 4.79 Å². The molecule has 4 nitrogen and oxygen atoms in total. The first-order chi connectivity index (χ1) is 12.5. The monoisotopic (exact) mass is 365 g/mol. The smallest absolute Gasteiger partial charge is 0.253 e. The summed E-state index contributed by atoms with van der Waals surface area (Å²) < 4.78 is 1.24. The van der Waals surface area contributed by atoms with Gasteiger partial charge < -0.3 is 9.80 Å². The van der Waals surface area contributed by atoms with Crippen molar-refractivity contribution in [3.8, 4) is 0 Å². The van der Waals surface area contributed by atoms with Crippen LogP contribution < -0.4 is 4.90 Å². The van der Waals surface area contributed by atoms with Gasteiger partial charge in [0.1, 0.15) is 0 Å². The molecule has 2 heterocycles. The van der Waals surface area contributed by atoms with Gasteiger partial charge in [-0.2, -0.15) is 0 Å². The zero-order valence-corrected chi connectivity index (χ0v) is 16.3. The van der Waals surface area contributed by atoms with Crippen molar-refractivity contribution in [2.75, 3.05) is 31.1 Å². The van der Waals surface area contributed by atoms with Gasteiger partial charge in [-0.25, -0.2) is 4.98 Å². The number of rotatable bonds is 2. The van der Waals surface area contributed by atoms with Crippen molar-refractivity contribution in [3.63, 3.8) is 0 Å². The molecule has 3 aromatic rings. The zero-order chi connectivity index (χ0) is 18.3. The number of nitrogens with zero attached hydrogens (tertiary/aromatic N) is 3. The Kier molecular flexibility index (Phi) is 4.41. The highest BCUT2D eigenvalue weighted by Crippen LogP contribution is 2.32. The summed E-state index contributed by atoms with van der Waals surface area (Å²) in [6, 6.07) is 12.2. The number of amides is 1. The largest absolute Gasteiger partial charge is 0.345 e. The standard InChI is InChI=1S/C21H23N3OS/c1-14-4-7-17(8-5-14)20(25)23-10-12-24(13-11-23)21-22-19-16(3)15(2)6-9-18(19)26-21/h4-9H,10-13H2,1-3H3. The number of aromatic nitrogens is 1. The molecule has 0 bridgehead atoms. The van der Waals surface area contributed by atoms with Crippen molar-refractivity contribution in [2.45, 2.75) is 20.8 Å². The van der Waals surface area contributed by atoms with E-state index >= 15 is 0 Å². The molecular formula is C21H23N3OS. The normalized spacial score (nSPS) is 14.9. The molecule has 2 aromatic carbocycles. The highest BCUT2D eigenvalue weighted by molar-refractivity contribution is 7.22. The lowest BCUT2D eigenvalue weighted by Gasteiger charge is -2.34. The van der Waals surface area contributed by atoms with Gasteiger partial charge in [0.2, 0.25) is 0 Å². The number of hydrogen-bond donors (Lipinski definition) is 0. The van der Waals surface area contributed by atoms with Crippen LogP contribution in [0, 0.1) is 20.8 Å². The average Bonchev–Trinajstić information content (AvgIpc) is 3.10. The van der Waals surface area contributed by atoms with Gasteiger partial charge in [-0.05, 0) is 50.1 Å². The van der Waals surface area contributed by atoms with Crippen LogP contribution in [-0.2, 0) is 0 Å². The molecule has 1 fully saturated rings. The molecule has 26 heavy (non-hydrogen) atoms. The van der Waals surface area contributed by atoms with Crippen LogP contribution in [0.1, 0.15) is 27.0 Å². The molecule has 1 aliphatic heterocycles. The Labute approximate surface area is 158 Å². The summed E-state index contributed by atoms with van der Waals surface area (Å²) in [7, 11) is 0. The Bertz CT molecular complexity index is 953. The second-order valence-electron chi connectivity index (χ2n) is 7.00. The lowest BCUT2D eigenvalue weighted by atomic mass is 10.1. The van der Waals surface area contributed by atoms with Gasteiger partial charge in [0.05, 0.1) is 10.2 Å². The lowest BCUT2D eigenvalue weighted by molar-refractivity contribution is 0.0747. The molecule has 0 saturated carbocycles. The van der Waals surface area contributed by atoms with E-state index in [1.54, 1.807) is 11.3 Å². The van der Waals surface area contributed by atoms with E-state index in [4.69, 9.17) is 4.98 Å². The molecular weight excluding hydrogens is 342 g/mol. The summed E-state index contributed by atoms with van der Waals surface area (Å²) in [6.07, 6.45) is 0. The number of carbonyl (C=O) groups excluding carboxylic acids is 1. The number of fused-ring (bicyclic) bond motifs is 1. The Hall–Kier alpha value is -2.40. The van der Waals surface area contributed by atoms with Crippen molar-refractivity contribution in [3.05, 3.63) is 58.7 Å². The fraction of sp³-hybridized carbons (Fsp3) is 0.333. The zero-order valence-electron chi connectivity index (χ0n) is 15.5. The quantitative estimate of drug-likeness (QED) is 0.683. The number of thiazole rings is 1. The first-order valence-electron chi connectivity index (χ1n) is 9.00. The number of anilines is 1. The number of benzene rings is 2. The summed E-state index contributed by atoms with van der Waals surface area (Å²) in [5, 5.41) is 1.07. The van der Waals surface area contributed by atoms with Crippen LogP contribution in [0.15, 0.2) is 36.4 Å². The van der Waals surface area contributed by atoms with Crippen molar-refractivity contribution in [1.82, 2.24) is 9.88 Å². The molecule has 0 radical (unpaired) electrons. The second kappa shape index (κ2) is 6.72. The van der Waals surface area contributed by atoms with Gasteiger partial charge in [-0.15, -0.1) is 0 Å². The molecule has 0 N–H and O–H groups in total. The maximum Gasteiger partial charge on any atom is 0.253 e. The third-order valence-electron chi connectivity index (χ3n) is 5.21. The Morgan fingerprint density at radius 2 is 1.65 bits per heavy atom. The first-order valence-corrected chi connectivity index (χ1v) is 9.82. The van der Waals surface area contributed by atoms with Crippen molar-refractivity contribution in [2.24, 2.45) is 0 Å². The molecule has 1 aliphatic rings. The predicted octanol–water partition coefficient (Wildman–Crippen LogP) is 4.18. The molecule has 0 atom stereocenters. The molecule has 5 heteroatoms. The number of piperazine rings is 1. The fourth-order valence-electron chi connectivity index (χ4n) is 3.33. The minimum atomic E-state index is 0.125. The van der Waals surface area contributed by atoms with E-state index in [1.165, 1.54) is 21.4 Å². The van der Waals surface area contributed by atoms with E-state index in [9.17, 15) is 4.79 Å². The predicted molar refractivity (Wildman–Crippen MR) is 108 cm³/mol. The van der Waals surface area contributed by atoms with E-state index in [1.807, 2.05) is 36.1 Å². The minimum Gasteiger partial charge on any atom is -0.345 e. The van der Waals surface area contributed by atoms with Crippen LogP contribution in [0.2, 0.25) is 0 Å². The van der Waals surface area contributed by atoms with E-state index in [0.29, 0.717) is 0 Å². The summed E-state index contributed by atoms with van der Waals surface area (Å²) in [6.45, 7) is 9.43. The molecule has 4 rings (SSSR count). The average molecular weight is 366 g/mol. The molecule has 1 amide bonds. The van der Waals surface area contributed by atoms with Gasteiger partial charge in [-0.1, -0.05) is 35.1 Å². The Morgan fingerprint density at radius 1 is 0.962 bits per heavy atom. The SMILES string of the molecule is Cc1ccc(C(=O)N2CCN(c3nc4c(C)c(C)ccc4s3)CC2)cc1. The van der Waals surface area contributed by atoms with Crippen molar-refractivity contribution < 1.29 is 4.79 Å². The summed E-state index contributed by atoms with van der Waals surface area (Å²) >= 11 is 1.75. The third kappa shape index (κ3) is 3.07. The summed E-state index contributed by atoms with van der Waals surface area (Å²) in [5.41, 5.74) is 5.60. The summed E-state index contributed by atoms with van der Waals surface area (Å²) in [5.74, 6) is 0.125. The van der Waals surface area contributed by atoms with Gasteiger partial charge in [0.15, 0.2) is 5.13 Å². The van der Waals surface area contributed by atoms with Crippen LogP contribution in [0.25, 0.3) is 10.2 Å². The Morgan fingerprint density at radius 3 is 2.35 bits per heavy atom. The van der Waals surface area contributed by atoms with Crippen molar-refractivity contribution >= 4 is 32.6 Å². The second-order valence-corrected chi connectivity index (χ2v) is 8.01. The van der Waals surface area contributed by atoms with Crippen LogP contribution in [-0.4, -0.2) is 42.0 Å². The van der Waals surface area contributed by atoms with E-state index in [0.717, 1.165) is 42.4 Å². The summed E-state index contributed by atoms with van der Waals surface area (Å²) in [4.78, 5) is 21.8. The topological polar surface area (TPSA) is 36.4 Å². The molecule has 1 saturated heterocycles. The number of hydrogen-bond acceptors (Lipinski definition) is 4. The van der Waals surface area contributed by atoms with Gasteiger partial charge in [0, 0.05) is 31.7 Å². The maximum atomic E-state index is 12.7. The van der Waals surface area contributed by atoms with Gasteiger partial charge >= 0.3 is 0 Å². The molecule has 134 valence electrons. The molecule has 1 aromatic heterocycles. The number of aryl methyl sites for hydroxylation is 3. The lowest BCUT2D eigenvalue weighted by Crippen LogP contribution is -2.48. The molecule has 0 unspecified atom stereocenters. The molecule has 0 aliphatic carbocycles. The minimum absolute atomic E-state index is 0.125. The Balaban J connectivity index is 1.47. The van der Waals surface area contributed by atoms with Crippen LogP contribution >= 0.6 is 11.3 Å². The molecule has 0 spiro atoms. The first kappa shape index (κ1) is 17.0.